The lowest BCUT2D eigenvalue weighted by molar-refractivity contribution is 0.222. The second kappa shape index (κ2) is 8.00. The van der Waals surface area contributed by atoms with E-state index in [-0.39, 0.29) is 23.2 Å². The van der Waals surface area contributed by atoms with Crippen LogP contribution in [0, 0.1) is 11.3 Å². The summed E-state index contributed by atoms with van der Waals surface area (Å²) in [5.74, 6) is -0.0766. The van der Waals surface area contributed by atoms with Crippen molar-refractivity contribution in [2.45, 2.75) is 4.90 Å². The highest BCUT2D eigenvalue weighted by Crippen LogP contribution is 2.36. The molecule has 1 saturated heterocycles. The molecular weight excluding hydrogens is 414 g/mol. The topological polar surface area (TPSA) is 113 Å². The van der Waals surface area contributed by atoms with Gasteiger partial charge in [0.1, 0.15) is 4.90 Å². The van der Waals surface area contributed by atoms with E-state index < -0.39 is 10.0 Å². The largest absolute Gasteiger partial charge is 0.494 e. The number of aromatic amines is 1. The molecule has 0 radical (unpaired) electrons. The van der Waals surface area contributed by atoms with Gasteiger partial charge in [-0.1, -0.05) is 6.07 Å². The monoisotopic (exact) mass is 433 g/mol. The molecule has 1 aliphatic rings. The number of aromatic nitrogens is 2. The van der Waals surface area contributed by atoms with Crippen LogP contribution in [0.5, 0.6) is 5.88 Å². The second-order valence-corrected chi connectivity index (χ2v) is 8.75. The summed E-state index contributed by atoms with van der Waals surface area (Å²) in [6, 6.07) is 10.2. The minimum Gasteiger partial charge on any atom is -0.494 e. The molecule has 152 valence electrons. The molecule has 0 atom stereocenters. The number of nitrogens with one attached hydrogen (secondary N) is 1. The number of H-pyrrole nitrogens is 1. The number of fused-ring (bicyclic) bond motifs is 1. The Morgan fingerprint density at radius 1 is 1.17 bits per heavy atom. The molecule has 0 amide bonds. The van der Waals surface area contributed by atoms with Gasteiger partial charge in [0.15, 0.2) is 5.88 Å². The normalized spacial score (nSPS) is 15.7. The fourth-order valence-electron chi connectivity index (χ4n) is 3.37. The van der Waals surface area contributed by atoms with Crippen molar-refractivity contribution >= 4 is 33.3 Å². The summed E-state index contributed by atoms with van der Waals surface area (Å²) in [5, 5.41) is 20.0. The summed E-state index contributed by atoms with van der Waals surface area (Å²) in [4.78, 5) is 9.34. The number of hydrogen-bond acceptors (Lipinski definition) is 6. The van der Waals surface area contributed by atoms with E-state index in [1.807, 2.05) is 7.05 Å². The summed E-state index contributed by atoms with van der Waals surface area (Å²) >= 11 is 0. The van der Waals surface area contributed by atoms with Crippen LogP contribution in [0.25, 0.3) is 22.2 Å². The van der Waals surface area contributed by atoms with Crippen molar-refractivity contribution in [2.24, 2.45) is 0 Å². The zero-order valence-corrected chi connectivity index (χ0v) is 17.3. The fourth-order valence-corrected chi connectivity index (χ4v) is 4.74. The minimum atomic E-state index is -3.59. The van der Waals surface area contributed by atoms with Crippen molar-refractivity contribution in [1.82, 2.24) is 19.2 Å². The maximum absolute atomic E-state index is 12.8. The number of rotatable bonds is 3. The smallest absolute Gasteiger partial charge is 0.244 e. The van der Waals surface area contributed by atoms with Gasteiger partial charge >= 0.3 is 0 Å². The summed E-state index contributed by atoms with van der Waals surface area (Å²) in [6.07, 6.45) is 1.32. The van der Waals surface area contributed by atoms with Crippen molar-refractivity contribution in [3.8, 4) is 23.2 Å². The van der Waals surface area contributed by atoms with Crippen LogP contribution in [0.15, 0.2) is 41.4 Å². The zero-order valence-electron chi connectivity index (χ0n) is 15.7. The molecule has 0 spiro atoms. The first-order chi connectivity index (χ1) is 13.4. The first kappa shape index (κ1) is 21.1. The van der Waals surface area contributed by atoms with E-state index in [0.717, 1.165) is 0 Å². The number of sulfonamides is 1. The van der Waals surface area contributed by atoms with Crippen molar-refractivity contribution < 1.29 is 13.5 Å². The molecule has 0 bridgehead atoms. The van der Waals surface area contributed by atoms with E-state index in [1.54, 1.807) is 24.3 Å². The van der Waals surface area contributed by atoms with Crippen molar-refractivity contribution in [1.29, 1.82) is 5.26 Å². The van der Waals surface area contributed by atoms with E-state index >= 15 is 0 Å². The zero-order chi connectivity index (χ0) is 19.9. The molecule has 1 aliphatic heterocycles. The third-order valence-corrected chi connectivity index (χ3v) is 6.88. The Bertz CT molecular complexity index is 1180. The fraction of sp³-hybridized carbons (Fsp3) is 0.263. The molecule has 0 saturated carbocycles. The first-order valence-corrected chi connectivity index (χ1v) is 10.2. The Kier molecular flexibility index (Phi) is 5.82. The van der Waals surface area contributed by atoms with Gasteiger partial charge in [-0.2, -0.15) is 9.57 Å². The third kappa shape index (κ3) is 3.80. The van der Waals surface area contributed by atoms with Crippen LogP contribution >= 0.6 is 12.4 Å². The summed E-state index contributed by atoms with van der Waals surface area (Å²) < 4.78 is 27.1. The molecular formula is C19H20ClN5O3S. The molecule has 0 aliphatic carbocycles. The highest BCUT2D eigenvalue weighted by Gasteiger charge is 2.28. The number of halogens is 1. The van der Waals surface area contributed by atoms with Crippen molar-refractivity contribution in [3.05, 3.63) is 42.1 Å². The molecule has 29 heavy (non-hydrogen) atoms. The maximum Gasteiger partial charge on any atom is 0.244 e. The quantitative estimate of drug-likeness (QED) is 0.654. The van der Waals surface area contributed by atoms with Crippen molar-refractivity contribution in [3.63, 3.8) is 0 Å². The van der Waals surface area contributed by atoms with Crippen LogP contribution in [0.1, 0.15) is 5.56 Å². The van der Waals surface area contributed by atoms with Crippen LogP contribution in [0.3, 0.4) is 0 Å². The number of nitrogens with zero attached hydrogens (tertiary/aromatic N) is 4. The predicted octanol–water partition coefficient (Wildman–Crippen LogP) is 2.17. The first-order valence-electron chi connectivity index (χ1n) is 8.80. The van der Waals surface area contributed by atoms with Crippen LogP contribution in [-0.4, -0.2) is 65.9 Å². The Morgan fingerprint density at radius 2 is 1.90 bits per heavy atom. The minimum absolute atomic E-state index is 0. The number of aromatic hydroxyl groups is 1. The number of piperazine rings is 1. The highest BCUT2D eigenvalue weighted by atomic mass is 35.5. The number of benzene rings is 1. The van der Waals surface area contributed by atoms with Gasteiger partial charge in [-0.25, -0.2) is 8.42 Å². The number of hydrogen-bond donors (Lipinski definition) is 2. The SMILES string of the molecule is CN1CCN(S(=O)(=O)c2ccc(-c3c(O)[nH]c4cc(C#N)ccc34)nc2)CC1.Cl. The lowest BCUT2D eigenvalue weighted by Crippen LogP contribution is -2.47. The molecule has 2 aromatic heterocycles. The van der Waals surface area contributed by atoms with Crippen molar-refractivity contribution in [2.75, 3.05) is 33.2 Å². The van der Waals surface area contributed by atoms with Crippen LogP contribution in [-0.2, 0) is 10.0 Å². The Labute approximate surface area is 174 Å². The van der Waals surface area contributed by atoms with Crippen LogP contribution in [0.4, 0.5) is 0 Å². The second-order valence-electron chi connectivity index (χ2n) is 6.81. The Balaban J connectivity index is 0.00000240. The Hall–Kier alpha value is -2.64. The standard InChI is InChI=1S/C19H19N5O3S.ClH/c1-23-6-8-24(9-7-23)28(26,27)14-3-5-16(21-12-14)18-15-4-2-13(11-20)10-17(15)22-19(18)25;/h2-5,10,12,22,25H,6-9H2,1H3;1H. The average Bonchev–Trinajstić information content (AvgIpc) is 3.03. The molecule has 8 nitrogen and oxygen atoms in total. The van der Waals surface area contributed by atoms with Gasteiger partial charge in [-0.15, -0.1) is 12.4 Å². The van der Waals surface area contributed by atoms with E-state index in [9.17, 15) is 13.5 Å². The number of pyridine rings is 1. The molecule has 2 N–H and O–H groups in total. The molecule has 1 aromatic carbocycles. The molecule has 1 fully saturated rings. The summed E-state index contributed by atoms with van der Waals surface area (Å²) in [5.41, 5.74) is 2.01. The predicted molar refractivity (Wildman–Crippen MR) is 111 cm³/mol. The lowest BCUT2D eigenvalue weighted by atomic mass is 10.1. The number of likely N-dealkylation sites (N-methyl/N-ethyl adjacent to an activating group) is 1. The lowest BCUT2D eigenvalue weighted by Gasteiger charge is -2.31. The van der Waals surface area contributed by atoms with E-state index in [0.29, 0.717) is 53.9 Å². The van der Waals surface area contributed by atoms with E-state index in [2.05, 4.69) is 20.9 Å². The highest BCUT2D eigenvalue weighted by molar-refractivity contribution is 7.89. The van der Waals surface area contributed by atoms with Crippen LogP contribution in [0.2, 0.25) is 0 Å². The molecule has 0 unspecified atom stereocenters. The van der Waals surface area contributed by atoms with Gasteiger partial charge in [0.2, 0.25) is 10.0 Å². The van der Waals surface area contributed by atoms with E-state index in [1.165, 1.54) is 16.6 Å². The summed E-state index contributed by atoms with van der Waals surface area (Å²) in [6.45, 7) is 2.29. The maximum atomic E-state index is 12.8. The Morgan fingerprint density at radius 3 is 2.52 bits per heavy atom. The van der Waals surface area contributed by atoms with Crippen LogP contribution < -0.4 is 0 Å². The number of nitriles is 1. The van der Waals surface area contributed by atoms with E-state index in [4.69, 9.17) is 5.26 Å². The molecule has 4 rings (SSSR count). The average molecular weight is 434 g/mol. The van der Waals surface area contributed by atoms with Gasteiger partial charge in [0, 0.05) is 37.8 Å². The molecule has 3 heterocycles. The molecule has 3 aromatic rings. The van der Waals surface area contributed by atoms with Gasteiger partial charge < -0.3 is 15.0 Å². The third-order valence-electron chi connectivity index (χ3n) is 5.00. The van der Waals surface area contributed by atoms with Gasteiger partial charge in [0.05, 0.1) is 28.4 Å². The van der Waals surface area contributed by atoms with Gasteiger partial charge in [-0.05, 0) is 31.3 Å². The molecule has 10 heteroatoms. The van der Waals surface area contributed by atoms with Gasteiger partial charge in [0.25, 0.3) is 0 Å². The van der Waals surface area contributed by atoms with Gasteiger partial charge in [-0.3, -0.25) is 4.98 Å². The summed E-state index contributed by atoms with van der Waals surface area (Å²) in [7, 11) is -1.63.